The van der Waals surface area contributed by atoms with Crippen LogP contribution >= 0.6 is 12.6 Å². The second kappa shape index (κ2) is 4.19. The number of benzene rings is 1. The Hall–Kier alpha value is -0.430. The van der Waals surface area contributed by atoms with Gasteiger partial charge in [0.2, 0.25) is 0 Å². The maximum absolute atomic E-state index is 4.50. The Labute approximate surface area is 86.8 Å². The highest BCUT2D eigenvalue weighted by molar-refractivity contribution is 7.80. The lowest BCUT2D eigenvalue weighted by molar-refractivity contribution is 0.822. The van der Waals surface area contributed by atoms with E-state index in [0.717, 1.165) is 4.90 Å². The van der Waals surface area contributed by atoms with E-state index in [2.05, 4.69) is 58.5 Å². The van der Waals surface area contributed by atoms with E-state index < -0.39 is 0 Å². The highest BCUT2D eigenvalue weighted by Crippen LogP contribution is 2.26. The van der Waals surface area contributed by atoms with Gasteiger partial charge in [-0.25, -0.2) is 0 Å². The van der Waals surface area contributed by atoms with Gasteiger partial charge < -0.3 is 0 Å². The number of rotatable bonds is 2. The minimum absolute atomic E-state index is 0.564. The summed E-state index contributed by atoms with van der Waals surface area (Å²) in [7, 11) is 0. The molecule has 0 heterocycles. The van der Waals surface area contributed by atoms with Gasteiger partial charge in [-0.3, -0.25) is 0 Å². The Morgan fingerprint density at radius 3 is 2.00 bits per heavy atom. The van der Waals surface area contributed by atoms with Crippen molar-refractivity contribution in [3.63, 3.8) is 0 Å². The fourth-order valence-electron chi connectivity index (χ4n) is 1.41. The maximum Gasteiger partial charge on any atom is 0.00774 e. The molecule has 0 saturated heterocycles. The summed E-state index contributed by atoms with van der Waals surface area (Å²) < 4.78 is 0. The van der Waals surface area contributed by atoms with Gasteiger partial charge in [-0.15, -0.1) is 12.6 Å². The lowest BCUT2D eigenvalue weighted by atomic mass is 9.97. The molecule has 0 radical (unpaired) electrons. The predicted octanol–water partition coefficient (Wildman–Crippen LogP) is 4.22. The average molecular weight is 194 g/mol. The van der Waals surface area contributed by atoms with Crippen LogP contribution in [0.3, 0.4) is 0 Å². The van der Waals surface area contributed by atoms with Gasteiger partial charge in [0.1, 0.15) is 0 Å². The van der Waals surface area contributed by atoms with Crippen LogP contribution < -0.4 is 0 Å². The second-order valence-corrected chi connectivity index (χ2v) is 4.61. The van der Waals surface area contributed by atoms with Gasteiger partial charge in [-0.2, -0.15) is 0 Å². The molecule has 0 saturated carbocycles. The van der Waals surface area contributed by atoms with Gasteiger partial charge in [-0.05, 0) is 29.0 Å². The van der Waals surface area contributed by atoms with Crippen LogP contribution in [0, 0.1) is 0 Å². The summed E-state index contributed by atoms with van der Waals surface area (Å²) >= 11 is 4.50. The molecule has 0 fully saturated rings. The molecule has 0 amide bonds. The van der Waals surface area contributed by atoms with Crippen molar-refractivity contribution < 1.29 is 0 Å². The SMILES string of the molecule is CC(C)c1ccc(C(C)C)c(S)c1. The summed E-state index contributed by atoms with van der Waals surface area (Å²) in [5.41, 5.74) is 2.71. The molecule has 1 aromatic carbocycles. The Bertz CT molecular complexity index is 287. The summed E-state index contributed by atoms with van der Waals surface area (Å²) in [5.74, 6) is 1.15. The monoisotopic (exact) mass is 194 g/mol. The normalized spacial score (nSPS) is 11.3. The lowest BCUT2D eigenvalue weighted by Gasteiger charge is -2.12. The van der Waals surface area contributed by atoms with Crippen LogP contribution in [0.25, 0.3) is 0 Å². The standard InChI is InChI=1S/C12H18S/c1-8(2)10-5-6-11(9(3)4)12(13)7-10/h5-9,13H,1-4H3. The van der Waals surface area contributed by atoms with E-state index in [0.29, 0.717) is 11.8 Å². The third-order valence-corrected chi connectivity index (χ3v) is 2.73. The van der Waals surface area contributed by atoms with E-state index in [1.54, 1.807) is 0 Å². The molecule has 1 aromatic rings. The predicted molar refractivity (Wildman–Crippen MR) is 61.9 cm³/mol. The molecular weight excluding hydrogens is 176 g/mol. The first-order valence-corrected chi connectivity index (χ1v) is 5.30. The van der Waals surface area contributed by atoms with E-state index in [1.807, 2.05) is 0 Å². The van der Waals surface area contributed by atoms with Gasteiger partial charge in [0.15, 0.2) is 0 Å². The van der Waals surface area contributed by atoms with Crippen LogP contribution in [0.2, 0.25) is 0 Å². The first-order valence-electron chi connectivity index (χ1n) is 4.85. The van der Waals surface area contributed by atoms with Gasteiger partial charge >= 0.3 is 0 Å². The van der Waals surface area contributed by atoms with Gasteiger partial charge in [-0.1, -0.05) is 39.8 Å². The van der Waals surface area contributed by atoms with E-state index in [9.17, 15) is 0 Å². The third-order valence-electron chi connectivity index (χ3n) is 2.34. The van der Waals surface area contributed by atoms with Crippen LogP contribution in [0.1, 0.15) is 50.7 Å². The molecule has 0 N–H and O–H groups in total. The molecule has 13 heavy (non-hydrogen) atoms. The van der Waals surface area contributed by atoms with Crippen molar-refractivity contribution in [1.29, 1.82) is 0 Å². The van der Waals surface area contributed by atoms with Crippen LogP contribution in [0.15, 0.2) is 23.1 Å². The molecule has 0 aliphatic rings. The topological polar surface area (TPSA) is 0 Å². The molecule has 0 bridgehead atoms. The van der Waals surface area contributed by atoms with Crippen molar-refractivity contribution in [1.82, 2.24) is 0 Å². The van der Waals surface area contributed by atoms with Crippen molar-refractivity contribution in [2.75, 3.05) is 0 Å². The fraction of sp³-hybridized carbons (Fsp3) is 0.500. The number of hydrogen-bond acceptors (Lipinski definition) is 1. The molecule has 0 spiro atoms. The van der Waals surface area contributed by atoms with Gasteiger partial charge in [0, 0.05) is 4.90 Å². The van der Waals surface area contributed by atoms with Crippen molar-refractivity contribution in [3.05, 3.63) is 29.3 Å². The Morgan fingerprint density at radius 1 is 1.00 bits per heavy atom. The fourth-order valence-corrected chi connectivity index (χ4v) is 1.89. The molecule has 1 rings (SSSR count). The first kappa shape index (κ1) is 10.6. The molecule has 0 atom stereocenters. The molecule has 0 nitrogen and oxygen atoms in total. The highest BCUT2D eigenvalue weighted by Gasteiger charge is 2.06. The maximum atomic E-state index is 4.50. The van der Waals surface area contributed by atoms with E-state index in [4.69, 9.17) is 0 Å². The first-order chi connectivity index (χ1) is 6.02. The van der Waals surface area contributed by atoms with Crippen LogP contribution in [-0.2, 0) is 0 Å². The zero-order chi connectivity index (χ0) is 10.0. The van der Waals surface area contributed by atoms with Gasteiger partial charge in [0.25, 0.3) is 0 Å². The van der Waals surface area contributed by atoms with Gasteiger partial charge in [0.05, 0.1) is 0 Å². The molecule has 1 heteroatoms. The minimum atomic E-state index is 0.564. The van der Waals surface area contributed by atoms with E-state index >= 15 is 0 Å². The van der Waals surface area contributed by atoms with Crippen molar-refractivity contribution in [3.8, 4) is 0 Å². The Morgan fingerprint density at radius 2 is 1.62 bits per heavy atom. The van der Waals surface area contributed by atoms with Crippen LogP contribution in [0.4, 0.5) is 0 Å². The zero-order valence-corrected chi connectivity index (χ0v) is 9.73. The summed E-state index contributed by atoms with van der Waals surface area (Å²) in [5, 5.41) is 0. The smallest absolute Gasteiger partial charge is 0.00774 e. The Balaban J connectivity index is 3.06. The average Bonchev–Trinajstić information content (AvgIpc) is 2.03. The van der Waals surface area contributed by atoms with E-state index in [1.165, 1.54) is 11.1 Å². The molecular formula is C12H18S. The molecule has 0 unspecified atom stereocenters. The van der Waals surface area contributed by atoms with E-state index in [-0.39, 0.29) is 0 Å². The van der Waals surface area contributed by atoms with Crippen molar-refractivity contribution >= 4 is 12.6 Å². The minimum Gasteiger partial charge on any atom is -0.143 e. The molecule has 0 aliphatic heterocycles. The largest absolute Gasteiger partial charge is 0.143 e. The third kappa shape index (κ3) is 2.50. The molecule has 0 aromatic heterocycles. The molecule has 0 aliphatic carbocycles. The summed E-state index contributed by atoms with van der Waals surface area (Å²) in [6.07, 6.45) is 0. The summed E-state index contributed by atoms with van der Waals surface area (Å²) in [6.45, 7) is 8.81. The summed E-state index contributed by atoms with van der Waals surface area (Å²) in [4.78, 5) is 1.13. The summed E-state index contributed by atoms with van der Waals surface area (Å²) in [6, 6.07) is 6.59. The second-order valence-electron chi connectivity index (χ2n) is 4.13. The molecule has 72 valence electrons. The quantitative estimate of drug-likeness (QED) is 0.669. The number of hydrogen-bond donors (Lipinski definition) is 1. The highest BCUT2D eigenvalue weighted by atomic mass is 32.1. The van der Waals surface area contributed by atoms with Crippen LogP contribution in [-0.4, -0.2) is 0 Å². The van der Waals surface area contributed by atoms with Crippen molar-refractivity contribution in [2.45, 2.75) is 44.4 Å². The van der Waals surface area contributed by atoms with Crippen molar-refractivity contribution in [2.24, 2.45) is 0 Å². The zero-order valence-electron chi connectivity index (χ0n) is 8.83. The lowest BCUT2D eigenvalue weighted by Crippen LogP contribution is -1.93. The Kier molecular flexibility index (Phi) is 3.43. The number of thiol groups is 1. The van der Waals surface area contributed by atoms with Crippen LogP contribution in [0.5, 0.6) is 0 Å².